The van der Waals surface area contributed by atoms with Gasteiger partial charge in [-0.3, -0.25) is 9.59 Å². The molecule has 0 aliphatic carbocycles. The van der Waals surface area contributed by atoms with Gasteiger partial charge in [0.15, 0.2) is 4.75 Å². The summed E-state index contributed by atoms with van der Waals surface area (Å²) in [6, 6.07) is 7.54. The van der Waals surface area contributed by atoms with Crippen LogP contribution in [0.25, 0.3) is 0 Å². The lowest BCUT2D eigenvalue weighted by Gasteiger charge is -2.37. The highest BCUT2D eigenvalue weighted by Gasteiger charge is 2.47. The summed E-state index contributed by atoms with van der Waals surface area (Å²) in [5.74, 6) is -0.393. The number of hydrogen-bond donors (Lipinski definition) is 1. The van der Waals surface area contributed by atoms with Crippen molar-refractivity contribution < 1.29 is 14.3 Å². The van der Waals surface area contributed by atoms with E-state index in [-0.39, 0.29) is 11.8 Å². The molecule has 1 aromatic rings. The lowest BCUT2D eigenvalue weighted by Crippen LogP contribution is -2.55. The third-order valence-corrected chi connectivity index (χ3v) is 4.93. The minimum absolute atomic E-state index is 0.141. The number of ether oxygens (including phenoxy) is 1. The Morgan fingerprint density at radius 1 is 1.35 bits per heavy atom. The zero-order chi connectivity index (χ0) is 14.2. The first-order valence-electron chi connectivity index (χ1n) is 6.58. The van der Waals surface area contributed by atoms with Crippen molar-refractivity contribution in [1.82, 2.24) is 4.90 Å². The molecule has 1 N–H and O–H groups in total. The van der Waals surface area contributed by atoms with E-state index in [1.54, 1.807) is 11.8 Å². The predicted molar refractivity (Wildman–Crippen MR) is 76.7 cm³/mol. The molecule has 2 heterocycles. The summed E-state index contributed by atoms with van der Waals surface area (Å²) in [5.41, 5.74) is 0.773. The fourth-order valence-corrected chi connectivity index (χ4v) is 3.55. The van der Waals surface area contributed by atoms with Crippen molar-refractivity contribution >= 4 is 29.3 Å². The lowest BCUT2D eigenvalue weighted by atomic mass is 10.1. The monoisotopic (exact) mass is 292 g/mol. The average Bonchev–Trinajstić information content (AvgIpc) is 2.48. The van der Waals surface area contributed by atoms with Gasteiger partial charge in [-0.25, -0.2) is 0 Å². The SMILES string of the molecule is CC1(C(=O)N2CCOCC2)Sc2ccccc2NC1=O. The summed E-state index contributed by atoms with van der Waals surface area (Å²) >= 11 is 1.33. The molecule has 0 aromatic heterocycles. The highest BCUT2D eigenvalue weighted by Crippen LogP contribution is 2.43. The number of rotatable bonds is 1. The third-order valence-electron chi connectivity index (χ3n) is 3.59. The summed E-state index contributed by atoms with van der Waals surface area (Å²) in [5, 5.41) is 2.83. The average molecular weight is 292 g/mol. The Labute approximate surface area is 121 Å². The minimum atomic E-state index is -1.11. The predicted octanol–water partition coefficient (Wildman–Crippen LogP) is 1.35. The molecule has 2 aliphatic heterocycles. The second-order valence-corrected chi connectivity index (χ2v) is 6.45. The zero-order valence-electron chi connectivity index (χ0n) is 11.2. The van der Waals surface area contributed by atoms with Gasteiger partial charge in [0.25, 0.3) is 0 Å². The van der Waals surface area contributed by atoms with Gasteiger partial charge in [-0.05, 0) is 19.1 Å². The standard InChI is InChI=1S/C14H16N2O3S/c1-14(13(18)16-6-8-19-9-7-16)12(17)15-10-4-2-3-5-11(10)20-14/h2-5H,6-9H2,1H3,(H,15,17). The Morgan fingerprint density at radius 2 is 2.05 bits per heavy atom. The topological polar surface area (TPSA) is 58.6 Å². The highest BCUT2D eigenvalue weighted by molar-refractivity contribution is 8.02. The fourth-order valence-electron chi connectivity index (χ4n) is 2.38. The normalized spacial score (nSPS) is 25.9. The number of benzene rings is 1. The molecule has 2 amide bonds. The lowest BCUT2D eigenvalue weighted by molar-refractivity contribution is -0.141. The molecule has 3 rings (SSSR count). The van der Waals surface area contributed by atoms with Crippen LogP contribution in [0.1, 0.15) is 6.92 Å². The van der Waals surface area contributed by atoms with Gasteiger partial charge in [0, 0.05) is 18.0 Å². The molecule has 0 saturated carbocycles. The maximum absolute atomic E-state index is 12.7. The van der Waals surface area contributed by atoms with Gasteiger partial charge in [0.1, 0.15) is 0 Å². The summed E-state index contributed by atoms with van der Waals surface area (Å²) < 4.78 is 4.15. The highest BCUT2D eigenvalue weighted by atomic mass is 32.2. The van der Waals surface area contributed by atoms with Gasteiger partial charge < -0.3 is 15.0 Å². The molecule has 1 saturated heterocycles. The molecule has 20 heavy (non-hydrogen) atoms. The first kappa shape index (κ1) is 13.5. The molecular weight excluding hydrogens is 276 g/mol. The van der Waals surface area contributed by atoms with E-state index >= 15 is 0 Å². The number of fused-ring (bicyclic) bond motifs is 1. The van der Waals surface area contributed by atoms with Gasteiger partial charge in [0.05, 0.1) is 18.9 Å². The second kappa shape index (κ2) is 5.10. The number of carbonyl (C=O) groups is 2. The number of morpholine rings is 1. The van der Waals surface area contributed by atoms with Crippen molar-refractivity contribution in [1.29, 1.82) is 0 Å². The number of para-hydroxylation sites is 1. The van der Waals surface area contributed by atoms with Gasteiger partial charge >= 0.3 is 0 Å². The van der Waals surface area contributed by atoms with E-state index in [9.17, 15) is 9.59 Å². The van der Waals surface area contributed by atoms with Crippen LogP contribution in [0.2, 0.25) is 0 Å². The molecule has 0 bridgehead atoms. The molecule has 6 heteroatoms. The van der Waals surface area contributed by atoms with Crippen LogP contribution >= 0.6 is 11.8 Å². The molecule has 5 nitrogen and oxygen atoms in total. The van der Waals surface area contributed by atoms with Crippen LogP contribution in [-0.2, 0) is 14.3 Å². The number of carbonyl (C=O) groups excluding carboxylic acids is 2. The minimum Gasteiger partial charge on any atom is -0.378 e. The van der Waals surface area contributed by atoms with E-state index in [2.05, 4.69) is 5.32 Å². The van der Waals surface area contributed by atoms with E-state index in [0.717, 1.165) is 10.6 Å². The Kier molecular flexibility index (Phi) is 3.43. The molecule has 1 fully saturated rings. The maximum Gasteiger partial charge on any atom is 0.250 e. The van der Waals surface area contributed by atoms with Gasteiger partial charge in [-0.2, -0.15) is 0 Å². The number of anilines is 1. The summed E-state index contributed by atoms with van der Waals surface area (Å²) in [4.78, 5) is 27.7. The second-order valence-electron chi connectivity index (χ2n) is 4.99. The van der Waals surface area contributed by atoms with Crippen molar-refractivity contribution in [3.63, 3.8) is 0 Å². The van der Waals surface area contributed by atoms with E-state index in [1.807, 2.05) is 24.3 Å². The molecule has 0 spiro atoms. The summed E-state index contributed by atoms with van der Waals surface area (Å²) in [6.45, 7) is 3.85. The first-order valence-corrected chi connectivity index (χ1v) is 7.39. The first-order chi connectivity index (χ1) is 9.61. The third kappa shape index (κ3) is 2.19. The molecule has 0 radical (unpaired) electrons. The van der Waals surface area contributed by atoms with Crippen LogP contribution < -0.4 is 5.32 Å². The van der Waals surface area contributed by atoms with Crippen molar-refractivity contribution in [2.45, 2.75) is 16.6 Å². The largest absolute Gasteiger partial charge is 0.378 e. The van der Waals surface area contributed by atoms with Crippen LogP contribution in [-0.4, -0.2) is 47.8 Å². The van der Waals surface area contributed by atoms with Crippen molar-refractivity contribution in [2.24, 2.45) is 0 Å². The van der Waals surface area contributed by atoms with Crippen molar-refractivity contribution in [2.75, 3.05) is 31.6 Å². The molecule has 2 aliphatic rings. The molecule has 1 atom stereocenters. The van der Waals surface area contributed by atoms with Crippen molar-refractivity contribution in [3.05, 3.63) is 24.3 Å². The summed E-state index contributed by atoms with van der Waals surface area (Å²) in [6.07, 6.45) is 0. The Morgan fingerprint density at radius 3 is 2.80 bits per heavy atom. The van der Waals surface area contributed by atoms with Gasteiger partial charge in [-0.15, -0.1) is 0 Å². The van der Waals surface area contributed by atoms with Crippen LogP contribution in [0.15, 0.2) is 29.2 Å². The van der Waals surface area contributed by atoms with Crippen LogP contribution in [0.5, 0.6) is 0 Å². The van der Waals surface area contributed by atoms with Crippen molar-refractivity contribution in [3.8, 4) is 0 Å². The van der Waals surface area contributed by atoms with Gasteiger partial charge in [0.2, 0.25) is 11.8 Å². The number of hydrogen-bond acceptors (Lipinski definition) is 4. The Bertz CT molecular complexity index is 557. The number of thioether (sulfide) groups is 1. The smallest absolute Gasteiger partial charge is 0.250 e. The Balaban J connectivity index is 1.88. The number of nitrogens with zero attached hydrogens (tertiary/aromatic N) is 1. The van der Waals surface area contributed by atoms with Crippen LogP contribution in [0, 0.1) is 0 Å². The quantitative estimate of drug-likeness (QED) is 0.794. The fraction of sp³-hybridized carbons (Fsp3) is 0.429. The zero-order valence-corrected chi connectivity index (χ0v) is 12.0. The number of nitrogens with one attached hydrogen (secondary N) is 1. The van der Waals surface area contributed by atoms with E-state index in [0.29, 0.717) is 26.3 Å². The van der Waals surface area contributed by atoms with E-state index < -0.39 is 4.75 Å². The molecule has 106 valence electrons. The van der Waals surface area contributed by atoms with E-state index in [1.165, 1.54) is 11.8 Å². The maximum atomic E-state index is 12.7. The van der Waals surface area contributed by atoms with E-state index in [4.69, 9.17) is 4.74 Å². The summed E-state index contributed by atoms with van der Waals surface area (Å²) in [7, 11) is 0. The van der Waals surface area contributed by atoms with Gasteiger partial charge in [-0.1, -0.05) is 23.9 Å². The molecule has 1 unspecified atom stereocenters. The van der Waals surface area contributed by atoms with Crippen LogP contribution in [0.4, 0.5) is 5.69 Å². The molecule has 1 aromatic carbocycles. The Hall–Kier alpha value is -1.53. The van der Waals surface area contributed by atoms with Crippen LogP contribution in [0.3, 0.4) is 0 Å². The number of amides is 2. The molecular formula is C14H16N2O3S.